The number of aliphatic hydroxyl groups excluding tert-OH is 1. The summed E-state index contributed by atoms with van der Waals surface area (Å²) in [6.07, 6.45) is 0.450. The molecule has 0 heterocycles. The number of anilines is 1. The van der Waals surface area contributed by atoms with Gasteiger partial charge in [0.25, 0.3) is 0 Å². The molecule has 2 unspecified atom stereocenters. The zero-order valence-corrected chi connectivity index (χ0v) is 10.4. The zero-order chi connectivity index (χ0) is 12.7. The Labute approximate surface area is 103 Å². The van der Waals surface area contributed by atoms with Crippen LogP contribution < -0.4 is 11.1 Å². The molecule has 0 aromatic heterocycles. The van der Waals surface area contributed by atoms with Crippen molar-refractivity contribution in [2.24, 2.45) is 16.6 Å². The van der Waals surface area contributed by atoms with E-state index >= 15 is 0 Å². The smallest absolute Gasteiger partial charge is 0.193 e. The van der Waals surface area contributed by atoms with Gasteiger partial charge < -0.3 is 16.2 Å². The van der Waals surface area contributed by atoms with Gasteiger partial charge in [-0.1, -0.05) is 25.1 Å². The molecular formula is C13H21N3O. The highest BCUT2D eigenvalue weighted by atomic mass is 16.3. The minimum absolute atomic E-state index is 0.288. The van der Waals surface area contributed by atoms with Gasteiger partial charge in [0, 0.05) is 12.2 Å². The lowest BCUT2D eigenvalue weighted by molar-refractivity contribution is 0.166. The Morgan fingerprint density at radius 3 is 2.59 bits per heavy atom. The molecule has 0 aliphatic rings. The molecule has 1 aromatic carbocycles. The molecule has 0 fully saturated rings. The van der Waals surface area contributed by atoms with Crippen LogP contribution in [0.2, 0.25) is 0 Å². The normalized spacial score (nSPS) is 15.4. The molecule has 94 valence electrons. The second kappa shape index (κ2) is 6.91. The van der Waals surface area contributed by atoms with Crippen molar-refractivity contribution in [3.05, 3.63) is 30.3 Å². The van der Waals surface area contributed by atoms with E-state index in [-0.39, 0.29) is 6.10 Å². The van der Waals surface area contributed by atoms with E-state index in [0.29, 0.717) is 18.4 Å². The average Bonchev–Trinajstić information content (AvgIpc) is 2.27. The number of aliphatic hydroxyl groups is 1. The first-order chi connectivity index (χ1) is 8.08. The van der Waals surface area contributed by atoms with E-state index in [9.17, 15) is 5.11 Å². The first-order valence-corrected chi connectivity index (χ1v) is 5.88. The SMILES string of the molecule is CC(O)CC(C)CN=C(N)Nc1ccccc1. The van der Waals surface area contributed by atoms with E-state index in [2.05, 4.69) is 10.3 Å². The molecule has 0 bridgehead atoms. The quantitative estimate of drug-likeness (QED) is 0.538. The molecule has 4 heteroatoms. The van der Waals surface area contributed by atoms with E-state index in [1.807, 2.05) is 37.3 Å². The predicted molar refractivity (Wildman–Crippen MR) is 72.0 cm³/mol. The number of nitrogens with zero attached hydrogens (tertiary/aromatic N) is 1. The van der Waals surface area contributed by atoms with Gasteiger partial charge in [0.2, 0.25) is 0 Å². The Morgan fingerprint density at radius 2 is 2.00 bits per heavy atom. The van der Waals surface area contributed by atoms with Crippen LogP contribution in [0.15, 0.2) is 35.3 Å². The van der Waals surface area contributed by atoms with Gasteiger partial charge in [-0.3, -0.25) is 4.99 Å². The third-order valence-electron chi connectivity index (χ3n) is 2.36. The molecule has 0 radical (unpaired) electrons. The van der Waals surface area contributed by atoms with Crippen molar-refractivity contribution in [1.82, 2.24) is 0 Å². The van der Waals surface area contributed by atoms with Crippen LogP contribution >= 0.6 is 0 Å². The number of hydrogen-bond donors (Lipinski definition) is 3. The molecule has 17 heavy (non-hydrogen) atoms. The number of para-hydroxylation sites is 1. The molecule has 4 N–H and O–H groups in total. The minimum Gasteiger partial charge on any atom is -0.393 e. The predicted octanol–water partition coefficient (Wildman–Crippen LogP) is 1.82. The lowest BCUT2D eigenvalue weighted by Gasteiger charge is -2.11. The van der Waals surface area contributed by atoms with Crippen LogP contribution in [0.4, 0.5) is 5.69 Å². The number of guanidine groups is 1. The maximum absolute atomic E-state index is 9.23. The molecule has 0 spiro atoms. The summed E-state index contributed by atoms with van der Waals surface area (Å²) in [5, 5.41) is 12.2. The van der Waals surface area contributed by atoms with Crippen molar-refractivity contribution in [3.8, 4) is 0 Å². The summed E-state index contributed by atoms with van der Waals surface area (Å²) in [4.78, 5) is 4.24. The largest absolute Gasteiger partial charge is 0.393 e. The van der Waals surface area contributed by atoms with Gasteiger partial charge in [0.05, 0.1) is 6.10 Å². The van der Waals surface area contributed by atoms with Gasteiger partial charge >= 0.3 is 0 Å². The van der Waals surface area contributed by atoms with E-state index in [4.69, 9.17) is 5.73 Å². The minimum atomic E-state index is -0.288. The number of benzene rings is 1. The Bertz CT molecular complexity index is 349. The second-order valence-electron chi connectivity index (χ2n) is 4.41. The van der Waals surface area contributed by atoms with Crippen LogP contribution in [0.25, 0.3) is 0 Å². The van der Waals surface area contributed by atoms with Crippen molar-refractivity contribution in [2.45, 2.75) is 26.4 Å². The van der Waals surface area contributed by atoms with Crippen molar-refractivity contribution < 1.29 is 5.11 Å². The number of hydrogen-bond acceptors (Lipinski definition) is 2. The third kappa shape index (κ3) is 5.92. The van der Waals surface area contributed by atoms with Crippen molar-refractivity contribution in [1.29, 1.82) is 0 Å². The Hall–Kier alpha value is -1.55. The number of rotatable bonds is 5. The van der Waals surface area contributed by atoms with Gasteiger partial charge in [0.15, 0.2) is 5.96 Å². The first kappa shape index (κ1) is 13.5. The molecule has 0 aliphatic carbocycles. The molecule has 0 saturated heterocycles. The Kier molecular flexibility index (Phi) is 5.49. The molecule has 2 atom stereocenters. The molecular weight excluding hydrogens is 214 g/mol. The van der Waals surface area contributed by atoms with Crippen LogP contribution in [0, 0.1) is 5.92 Å². The fourth-order valence-electron chi connectivity index (χ4n) is 1.62. The van der Waals surface area contributed by atoms with E-state index in [0.717, 1.165) is 12.1 Å². The number of nitrogens with two attached hydrogens (primary N) is 1. The van der Waals surface area contributed by atoms with Gasteiger partial charge in [-0.15, -0.1) is 0 Å². The molecule has 4 nitrogen and oxygen atoms in total. The van der Waals surface area contributed by atoms with Gasteiger partial charge in [0.1, 0.15) is 0 Å². The maximum Gasteiger partial charge on any atom is 0.193 e. The molecule has 1 rings (SSSR count). The lowest BCUT2D eigenvalue weighted by atomic mass is 10.1. The zero-order valence-electron chi connectivity index (χ0n) is 10.4. The highest BCUT2D eigenvalue weighted by Crippen LogP contribution is 2.07. The summed E-state index contributed by atoms with van der Waals surface area (Å²) in [6.45, 7) is 4.45. The molecule has 0 aliphatic heterocycles. The van der Waals surface area contributed by atoms with E-state index < -0.39 is 0 Å². The summed E-state index contributed by atoms with van der Waals surface area (Å²) >= 11 is 0. The molecule has 0 amide bonds. The first-order valence-electron chi connectivity index (χ1n) is 5.88. The number of aliphatic imine (C=N–C) groups is 1. The van der Waals surface area contributed by atoms with Crippen LogP contribution in [-0.2, 0) is 0 Å². The standard InChI is InChI=1S/C13H21N3O/c1-10(8-11(2)17)9-15-13(14)16-12-6-4-3-5-7-12/h3-7,10-11,17H,8-9H2,1-2H3,(H3,14,15,16). The number of nitrogens with one attached hydrogen (secondary N) is 1. The monoisotopic (exact) mass is 235 g/mol. The van der Waals surface area contributed by atoms with Crippen LogP contribution in [-0.4, -0.2) is 23.7 Å². The van der Waals surface area contributed by atoms with Crippen molar-refractivity contribution in [3.63, 3.8) is 0 Å². The average molecular weight is 235 g/mol. The highest BCUT2D eigenvalue weighted by molar-refractivity contribution is 5.92. The van der Waals surface area contributed by atoms with Crippen molar-refractivity contribution >= 4 is 11.6 Å². The van der Waals surface area contributed by atoms with Crippen LogP contribution in [0.3, 0.4) is 0 Å². The van der Waals surface area contributed by atoms with E-state index in [1.165, 1.54) is 0 Å². The van der Waals surface area contributed by atoms with Gasteiger partial charge in [-0.25, -0.2) is 0 Å². The molecule has 1 aromatic rings. The summed E-state index contributed by atoms with van der Waals surface area (Å²) < 4.78 is 0. The van der Waals surface area contributed by atoms with E-state index in [1.54, 1.807) is 6.92 Å². The summed E-state index contributed by atoms with van der Waals surface area (Å²) in [6, 6.07) is 9.68. The summed E-state index contributed by atoms with van der Waals surface area (Å²) in [5.41, 5.74) is 6.69. The fourth-order valence-corrected chi connectivity index (χ4v) is 1.62. The van der Waals surface area contributed by atoms with Crippen molar-refractivity contribution in [2.75, 3.05) is 11.9 Å². The third-order valence-corrected chi connectivity index (χ3v) is 2.36. The second-order valence-corrected chi connectivity index (χ2v) is 4.41. The fraction of sp³-hybridized carbons (Fsp3) is 0.462. The Morgan fingerprint density at radius 1 is 1.35 bits per heavy atom. The van der Waals surface area contributed by atoms with Gasteiger partial charge in [-0.2, -0.15) is 0 Å². The van der Waals surface area contributed by atoms with Crippen LogP contribution in [0.1, 0.15) is 20.3 Å². The molecule has 0 saturated carbocycles. The summed E-state index contributed by atoms with van der Waals surface area (Å²) in [7, 11) is 0. The lowest BCUT2D eigenvalue weighted by Crippen LogP contribution is -2.24. The maximum atomic E-state index is 9.23. The Balaban J connectivity index is 2.39. The summed E-state index contributed by atoms with van der Waals surface area (Å²) in [5.74, 6) is 0.736. The topological polar surface area (TPSA) is 70.6 Å². The van der Waals surface area contributed by atoms with Gasteiger partial charge in [-0.05, 0) is 31.4 Å². The van der Waals surface area contributed by atoms with Crippen LogP contribution in [0.5, 0.6) is 0 Å². The highest BCUT2D eigenvalue weighted by Gasteiger charge is 2.05.